The molecule has 3 nitrogen and oxygen atoms in total. The number of carbonyl (C=O) groups is 1. The Morgan fingerprint density at radius 2 is 1.93 bits per heavy atom. The van der Waals surface area contributed by atoms with E-state index in [2.05, 4.69) is 26.1 Å². The molecule has 0 saturated carbocycles. The first-order chi connectivity index (χ1) is 7.22. The monoisotopic (exact) mass is 212 g/mol. The zero-order valence-electron chi connectivity index (χ0n) is 10.3. The summed E-state index contributed by atoms with van der Waals surface area (Å²) >= 11 is 0. The Balaban J connectivity index is 2.42. The van der Waals surface area contributed by atoms with E-state index in [1.807, 2.05) is 4.90 Å². The molecule has 0 unspecified atom stereocenters. The van der Waals surface area contributed by atoms with Gasteiger partial charge in [0.05, 0.1) is 5.92 Å². The van der Waals surface area contributed by atoms with Crippen molar-refractivity contribution in [2.24, 2.45) is 11.8 Å². The maximum atomic E-state index is 12.0. The number of carbonyl (C=O) groups excluding carboxylic acids is 1. The molecule has 1 aliphatic heterocycles. The normalized spacial score (nSPS) is 16.5. The van der Waals surface area contributed by atoms with Crippen molar-refractivity contribution in [1.29, 1.82) is 0 Å². The SMILES string of the molecule is CCC(CC)CN(CC)C(=O)C1CNC1. The van der Waals surface area contributed by atoms with Gasteiger partial charge in [0.25, 0.3) is 0 Å². The quantitative estimate of drug-likeness (QED) is 0.723. The highest BCUT2D eigenvalue weighted by atomic mass is 16.2. The molecule has 1 rings (SSSR count). The molecule has 1 saturated heterocycles. The van der Waals surface area contributed by atoms with Crippen molar-refractivity contribution in [1.82, 2.24) is 10.2 Å². The van der Waals surface area contributed by atoms with Gasteiger partial charge in [0.15, 0.2) is 0 Å². The lowest BCUT2D eigenvalue weighted by Gasteiger charge is -2.33. The average Bonchev–Trinajstić information content (AvgIpc) is 2.17. The fourth-order valence-electron chi connectivity index (χ4n) is 1.95. The molecule has 0 aliphatic carbocycles. The summed E-state index contributed by atoms with van der Waals surface area (Å²) in [6, 6.07) is 0. The molecule has 1 heterocycles. The van der Waals surface area contributed by atoms with E-state index in [1.165, 1.54) is 12.8 Å². The molecule has 15 heavy (non-hydrogen) atoms. The molecule has 0 radical (unpaired) electrons. The first-order valence-electron chi connectivity index (χ1n) is 6.22. The van der Waals surface area contributed by atoms with Gasteiger partial charge in [-0.1, -0.05) is 26.7 Å². The number of hydrogen-bond donors (Lipinski definition) is 1. The highest BCUT2D eigenvalue weighted by molar-refractivity contribution is 5.80. The summed E-state index contributed by atoms with van der Waals surface area (Å²) in [6.07, 6.45) is 2.34. The predicted octanol–water partition coefficient (Wildman–Crippen LogP) is 1.49. The number of amides is 1. The Morgan fingerprint density at radius 1 is 1.33 bits per heavy atom. The lowest BCUT2D eigenvalue weighted by atomic mass is 9.99. The van der Waals surface area contributed by atoms with E-state index in [-0.39, 0.29) is 5.92 Å². The first kappa shape index (κ1) is 12.5. The lowest BCUT2D eigenvalue weighted by molar-refractivity contribution is -0.137. The van der Waals surface area contributed by atoms with Crippen molar-refractivity contribution < 1.29 is 4.79 Å². The summed E-state index contributed by atoms with van der Waals surface area (Å²) in [4.78, 5) is 14.0. The van der Waals surface area contributed by atoms with Crippen LogP contribution in [0.1, 0.15) is 33.6 Å². The molecule has 1 aliphatic rings. The summed E-state index contributed by atoms with van der Waals surface area (Å²) in [5.41, 5.74) is 0. The van der Waals surface area contributed by atoms with Gasteiger partial charge in [0.2, 0.25) is 5.91 Å². The van der Waals surface area contributed by atoms with Crippen LogP contribution in [0.3, 0.4) is 0 Å². The molecular weight excluding hydrogens is 188 g/mol. The molecule has 1 amide bonds. The maximum Gasteiger partial charge on any atom is 0.228 e. The lowest BCUT2D eigenvalue weighted by Crippen LogP contribution is -2.52. The average molecular weight is 212 g/mol. The Kier molecular flexibility index (Phi) is 5.09. The first-order valence-corrected chi connectivity index (χ1v) is 6.22. The number of nitrogens with one attached hydrogen (secondary N) is 1. The third-order valence-corrected chi connectivity index (χ3v) is 3.46. The van der Waals surface area contributed by atoms with Crippen molar-refractivity contribution in [2.75, 3.05) is 26.2 Å². The number of hydrogen-bond acceptors (Lipinski definition) is 2. The highest BCUT2D eigenvalue weighted by Gasteiger charge is 2.29. The van der Waals surface area contributed by atoms with E-state index < -0.39 is 0 Å². The maximum absolute atomic E-state index is 12.0. The van der Waals surface area contributed by atoms with Crippen molar-refractivity contribution >= 4 is 5.91 Å². The number of rotatable bonds is 6. The third-order valence-electron chi connectivity index (χ3n) is 3.46. The van der Waals surface area contributed by atoms with Gasteiger partial charge in [-0.2, -0.15) is 0 Å². The minimum atomic E-state index is 0.249. The number of nitrogens with zero attached hydrogens (tertiary/aromatic N) is 1. The third kappa shape index (κ3) is 3.20. The van der Waals surface area contributed by atoms with Crippen LogP contribution in [0.4, 0.5) is 0 Å². The highest BCUT2D eigenvalue weighted by Crippen LogP contribution is 2.14. The molecule has 0 spiro atoms. The van der Waals surface area contributed by atoms with E-state index in [0.29, 0.717) is 11.8 Å². The Labute approximate surface area is 93.2 Å². The Morgan fingerprint density at radius 3 is 2.27 bits per heavy atom. The van der Waals surface area contributed by atoms with Gasteiger partial charge in [-0.25, -0.2) is 0 Å². The Hall–Kier alpha value is -0.570. The van der Waals surface area contributed by atoms with Crippen LogP contribution in [0.25, 0.3) is 0 Å². The standard InChI is InChI=1S/C12H24N2O/c1-4-10(5-2)9-14(6-3)12(15)11-7-13-8-11/h10-11,13H,4-9H2,1-3H3. The van der Waals surface area contributed by atoms with Crippen LogP contribution in [0, 0.1) is 11.8 Å². The van der Waals surface area contributed by atoms with Gasteiger partial charge in [-0.05, 0) is 12.8 Å². The van der Waals surface area contributed by atoms with Crippen LogP contribution >= 0.6 is 0 Å². The van der Waals surface area contributed by atoms with Crippen LogP contribution in [-0.4, -0.2) is 37.0 Å². The van der Waals surface area contributed by atoms with Gasteiger partial charge in [-0.15, -0.1) is 0 Å². The van der Waals surface area contributed by atoms with E-state index in [0.717, 1.165) is 26.2 Å². The summed E-state index contributed by atoms with van der Waals surface area (Å²) in [6.45, 7) is 10.0. The van der Waals surface area contributed by atoms with Gasteiger partial charge in [0.1, 0.15) is 0 Å². The zero-order valence-corrected chi connectivity index (χ0v) is 10.3. The molecule has 0 bridgehead atoms. The molecule has 0 aromatic rings. The molecule has 0 atom stereocenters. The predicted molar refractivity (Wildman–Crippen MR) is 62.7 cm³/mol. The second kappa shape index (κ2) is 6.11. The van der Waals surface area contributed by atoms with E-state index in [1.54, 1.807) is 0 Å². The molecule has 0 aromatic carbocycles. The summed E-state index contributed by atoms with van der Waals surface area (Å²) in [7, 11) is 0. The van der Waals surface area contributed by atoms with Crippen molar-refractivity contribution in [2.45, 2.75) is 33.6 Å². The minimum absolute atomic E-state index is 0.249. The van der Waals surface area contributed by atoms with Crippen LogP contribution in [0.5, 0.6) is 0 Å². The zero-order chi connectivity index (χ0) is 11.3. The summed E-state index contributed by atoms with van der Waals surface area (Å²) < 4.78 is 0. The Bertz CT molecular complexity index is 198. The topological polar surface area (TPSA) is 32.3 Å². The fraction of sp³-hybridized carbons (Fsp3) is 0.917. The van der Waals surface area contributed by atoms with Crippen LogP contribution in [0.2, 0.25) is 0 Å². The van der Waals surface area contributed by atoms with Gasteiger partial charge < -0.3 is 10.2 Å². The molecule has 88 valence electrons. The molecule has 0 aromatic heterocycles. The molecule has 1 N–H and O–H groups in total. The van der Waals surface area contributed by atoms with E-state index >= 15 is 0 Å². The van der Waals surface area contributed by atoms with Crippen LogP contribution < -0.4 is 5.32 Å². The van der Waals surface area contributed by atoms with Gasteiger partial charge in [-0.3, -0.25) is 4.79 Å². The van der Waals surface area contributed by atoms with Crippen LogP contribution in [-0.2, 0) is 4.79 Å². The van der Waals surface area contributed by atoms with Crippen molar-refractivity contribution in [3.05, 3.63) is 0 Å². The largest absolute Gasteiger partial charge is 0.342 e. The van der Waals surface area contributed by atoms with Crippen molar-refractivity contribution in [3.63, 3.8) is 0 Å². The van der Waals surface area contributed by atoms with Crippen LogP contribution in [0.15, 0.2) is 0 Å². The van der Waals surface area contributed by atoms with Gasteiger partial charge in [0, 0.05) is 26.2 Å². The summed E-state index contributed by atoms with van der Waals surface area (Å²) in [5, 5.41) is 3.15. The van der Waals surface area contributed by atoms with Crippen molar-refractivity contribution in [3.8, 4) is 0 Å². The molecular formula is C12H24N2O. The summed E-state index contributed by atoms with van der Waals surface area (Å²) in [5.74, 6) is 1.27. The van der Waals surface area contributed by atoms with E-state index in [4.69, 9.17) is 0 Å². The van der Waals surface area contributed by atoms with E-state index in [9.17, 15) is 4.79 Å². The fourth-order valence-corrected chi connectivity index (χ4v) is 1.95. The molecule has 3 heteroatoms. The second-order valence-corrected chi connectivity index (χ2v) is 4.41. The smallest absolute Gasteiger partial charge is 0.228 e. The molecule has 1 fully saturated rings. The van der Waals surface area contributed by atoms with Gasteiger partial charge >= 0.3 is 0 Å². The second-order valence-electron chi connectivity index (χ2n) is 4.41. The minimum Gasteiger partial charge on any atom is -0.342 e.